The highest BCUT2D eigenvalue weighted by atomic mass is 35.5. The summed E-state index contributed by atoms with van der Waals surface area (Å²) in [6, 6.07) is 8.60. The Labute approximate surface area is 131 Å². The van der Waals surface area contributed by atoms with Gasteiger partial charge in [-0.15, -0.1) is 0 Å². The number of nitrogens with one attached hydrogen (secondary N) is 1. The first-order chi connectivity index (χ1) is 9.52. The summed E-state index contributed by atoms with van der Waals surface area (Å²) in [6.07, 6.45) is 1.72. The lowest BCUT2D eigenvalue weighted by atomic mass is 10.1. The van der Waals surface area contributed by atoms with E-state index in [4.69, 9.17) is 34.8 Å². The van der Waals surface area contributed by atoms with Crippen molar-refractivity contribution in [1.82, 2.24) is 0 Å². The van der Waals surface area contributed by atoms with Gasteiger partial charge in [-0.3, -0.25) is 0 Å². The van der Waals surface area contributed by atoms with Gasteiger partial charge < -0.3 is 5.32 Å². The van der Waals surface area contributed by atoms with Gasteiger partial charge in [-0.1, -0.05) is 40.9 Å². The average Bonchev–Trinajstić information content (AvgIpc) is 2.75. The monoisotopic (exact) mass is 329 g/mol. The molecule has 1 aliphatic rings. The Kier molecular flexibility index (Phi) is 3.80. The Bertz CT molecular complexity index is 649. The highest BCUT2D eigenvalue weighted by molar-refractivity contribution is 6.39. The molecule has 1 aliphatic carbocycles. The summed E-state index contributed by atoms with van der Waals surface area (Å²) >= 11 is 18.1. The maximum atomic E-state index is 13.2. The smallest absolute Gasteiger partial charge is 0.126 e. The second-order valence-corrected chi connectivity index (χ2v) is 6.16. The van der Waals surface area contributed by atoms with Crippen LogP contribution in [0, 0.1) is 5.82 Å². The molecule has 104 valence electrons. The Morgan fingerprint density at radius 2 is 1.60 bits per heavy atom. The van der Waals surface area contributed by atoms with Gasteiger partial charge in [0.15, 0.2) is 0 Å². The van der Waals surface area contributed by atoms with Crippen molar-refractivity contribution in [2.24, 2.45) is 0 Å². The van der Waals surface area contributed by atoms with Gasteiger partial charge in [0, 0.05) is 11.1 Å². The van der Waals surface area contributed by atoms with Crippen molar-refractivity contribution < 1.29 is 4.39 Å². The largest absolute Gasteiger partial charge is 0.379 e. The van der Waals surface area contributed by atoms with Crippen molar-refractivity contribution in [3.63, 3.8) is 0 Å². The minimum absolute atomic E-state index is 0.184. The molecule has 0 saturated heterocycles. The Balaban J connectivity index is 1.81. The highest BCUT2D eigenvalue weighted by Gasteiger charge is 2.23. The van der Waals surface area contributed by atoms with Crippen LogP contribution in [0.4, 0.5) is 10.1 Å². The van der Waals surface area contributed by atoms with Crippen LogP contribution >= 0.6 is 34.8 Å². The maximum absolute atomic E-state index is 13.2. The lowest BCUT2D eigenvalue weighted by molar-refractivity contribution is 0.628. The molecule has 0 amide bonds. The molecular formula is C15H11Cl3FN. The normalized spacial score (nSPS) is 17.1. The maximum Gasteiger partial charge on any atom is 0.126 e. The summed E-state index contributed by atoms with van der Waals surface area (Å²) in [7, 11) is 0. The van der Waals surface area contributed by atoms with Crippen LogP contribution in [0.3, 0.4) is 0 Å². The first kappa shape index (κ1) is 14.0. The quantitative estimate of drug-likeness (QED) is 0.781. The van der Waals surface area contributed by atoms with E-state index >= 15 is 0 Å². The van der Waals surface area contributed by atoms with Crippen LogP contribution in [0.25, 0.3) is 0 Å². The minimum atomic E-state index is -0.438. The van der Waals surface area contributed by atoms with E-state index in [1.165, 1.54) is 23.3 Å². The Morgan fingerprint density at radius 3 is 2.30 bits per heavy atom. The van der Waals surface area contributed by atoms with Crippen LogP contribution in [-0.4, -0.2) is 6.04 Å². The summed E-state index contributed by atoms with van der Waals surface area (Å²) in [5.74, 6) is -0.438. The van der Waals surface area contributed by atoms with E-state index in [-0.39, 0.29) is 6.04 Å². The zero-order valence-corrected chi connectivity index (χ0v) is 12.7. The Morgan fingerprint density at radius 1 is 0.950 bits per heavy atom. The van der Waals surface area contributed by atoms with E-state index < -0.39 is 5.82 Å². The molecule has 1 atom stereocenters. The first-order valence-corrected chi connectivity index (χ1v) is 7.34. The van der Waals surface area contributed by atoms with E-state index in [9.17, 15) is 4.39 Å². The van der Waals surface area contributed by atoms with E-state index in [2.05, 4.69) is 5.32 Å². The fraction of sp³-hybridized carbons (Fsp3) is 0.200. The molecule has 0 aromatic heterocycles. The molecule has 3 rings (SSSR count). The topological polar surface area (TPSA) is 12.0 Å². The molecule has 0 bridgehead atoms. The Hall–Kier alpha value is -0.960. The van der Waals surface area contributed by atoms with Crippen molar-refractivity contribution in [1.29, 1.82) is 0 Å². The van der Waals surface area contributed by atoms with Crippen LogP contribution in [-0.2, 0) is 12.8 Å². The van der Waals surface area contributed by atoms with Crippen molar-refractivity contribution >= 4 is 40.5 Å². The van der Waals surface area contributed by atoms with E-state index in [0.717, 1.165) is 17.9 Å². The number of halogens is 4. The number of fused-ring (bicyclic) bond motifs is 1. The predicted octanol–water partition coefficient (Wildman–Crippen LogP) is 5.37. The van der Waals surface area contributed by atoms with Gasteiger partial charge in [0.05, 0.1) is 15.7 Å². The van der Waals surface area contributed by atoms with Gasteiger partial charge in [0.2, 0.25) is 0 Å². The van der Waals surface area contributed by atoms with Crippen molar-refractivity contribution in [3.8, 4) is 0 Å². The molecular weight excluding hydrogens is 320 g/mol. The molecule has 0 radical (unpaired) electrons. The number of hydrogen-bond donors (Lipinski definition) is 1. The van der Waals surface area contributed by atoms with Gasteiger partial charge in [-0.25, -0.2) is 4.39 Å². The summed E-state index contributed by atoms with van der Waals surface area (Å²) in [5, 5.41) is 4.63. The first-order valence-electron chi connectivity index (χ1n) is 6.21. The number of rotatable bonds is 2. The molecule has 1 unspecified atom stereocenters. The standard InChI is InChI=1S/C15H11Cl3FN/c16-10-2-1-8-4-12(5-9(8)3-10)20-15-13(17)6-11(19)7-14(15)18/h1-3,6-7,12,20H,4-5H2. The molecule has 5 heteroatoms. The van der Waals surface area contributed by atoms with Crippen LogP contribution in [0.5, 0.6) is 0 Å². The third-order valence-electron chi connectivity index (χ3n) is 3.46. The molecule has 20 heavy (non-hydrogen) atoms. The SMILES string of the molecule is Fc1cc(Cl)c(NC2Cc3ccc(Cl)cc3C2)c(Cl)c1. The lowest BCUT2D eigenvalue weighted by Crippen LogP contribution is -2.20. The molecule has 0 saturated carbocycles. The molecule has 1 nitrogen and oxygen atoms in total. The molecule has 1 N–H and O–H groups in total. The minimum Gasteiger partial charge on any atom is -0.379 e. The van der Waals surface area contributed by atoms with Crippen LogP contribution in [0.2, 0.25) is 15.1 Å². The number of anilines is 1. The summed E-state index contributed by atoms with van der Waals surface area (Å²) in [5.41, 5.74) is 3.07. The predicted molar refractivity (Wildman–Crippen MR) is 82.7 cm³/mol. The van der Waals surface area contributed by atoms with Crippen LogP contribution < -0.4 is 5.32 Å². The van der Waals surface area contributed by atoms with Gasteiger partial charge >= 0.3 is 0 Å². The van der Waals surface area contributed by atoms with Crippen LogP contribution in [0.1, 0.15) is 11.1 Å². The second kappa shape index (κ2) is 5.44. The van der Waals surface area contributed by atoms with Crippen molar-refractivity contribution in [2.45, 2.75) is 18.9 Å². The second-order valence-electron chi connectivity index (χ2n) is 4.91. The van der Waals surface area contributed by atoms with Crippen LogP contribution in [0.15, 0.2) is 30.3 Å². The zero-order valence-electron chi connectivity index (χ0n) is 10.4. The van der Waals surface area contributed by atoms with Crippen molar-refractivity contribution in [2.75, 3.05) is 5.32 Å². The molecule has 0 heterocycles. The van der Waals surface area contributed by atoms with Gasteiger partial charge in [-0.05, 0) is 48.2 Å². The third kappa shape index (κ3) is 2.73. The summed E-state index contributed by atoms with van der Waals surface area (Å²) < 4.78 is 13.2. The average molecular weight is 331 g/mol. The fourth-order valence-corrected chi connectivity index (χ4v) is 3.34. The number of hydrogen-bond acceptors (Lipinski definition) is 1. The van der Waals surface area contributed by atoms with Gasteiger partial charge in [-0.2, -0.15) is 0 Å². The van der Waals surface area contributed by atoms with E-state index in [0.29, 0.717) is 15.7 Å². The van der Waals surface area contributed by atoms with E-state index in [1.807, 2.05) is 18.2 Å². The molecule has 2 aromatic rings. The van der Waals surface area contributed by atoms with Gasteiger partial charge in [0.25, 0.3) is 0 Å². The van der Waals surface area contributed by atoms with Crippen molar-refractivity contribution in [3.05, 3.63) is 62.3 Å². The fourth-order valence-electron chi connectivity index (χ4n) is 2.57. The van der Waals surface area contributed by atoms with Gasteiger partial charge in [0.1, 0.15) is 5.82 Å². The zero-order chi connectivity index (χ0) is 14.3. The molecule has 0 spiro atoms. The molecule has 0 aliphatic heterocycles. The number of benzene rings is 2. The lowest BCUT2D eigenvalue weighted by Gasteiger charge is -2.16. The highest BCUT2D eigenvalue weighted by Crippen LogP contribution is 2.34. The molecule has 2 aromatic carbocycles. The molecule has 0 fully saturated rings. The van der Waals surface area contributed by atoms with E-state index in [1.54, 1.807) is 0 Å². The summed E-state index contributed by atoms with van der Waals surface area (Å²) in [6.45, 7) is 0. The third-order valence-corrected chi connectivity index (χ3v) is 4.29. The summed E-state index contributed by atoms with van der Waals surface area (Å²) in [4.78, 5) is 0.